The van der Waals surface area contributed by atoms with Gasteiger partial charge in [-0.15, -0.1) is 6.42 Å². The first-order chi connectivity index (χ1) is 9.29. The van der Waals surface area contributed by atoms with Crippen molar-refractivity contribution in [2.24, 2.45) is 5.92 Å². The highest BCUT2D eigenvalue weighted by molar-refractivity contribution is 4.87. The lowest BCUT2D eigenvalue weighted by Gasteiger charge is -2.37. The summed E-state index contributed by atoms with van der Waals surface area (Å²) in [5.74, 6) is 3.57. The normalized spacial score (nSPS) is 24.4. The molecule has 2 heterocycles. The van der Waals surface area contributed by atoms with Gasteiger partial charge in [0.05, 0.1) is 6.54 Å². The van der Waals surface area contributed by atoms with Crippen LogP contribution >= 0.6 is 0 Å². The van der Waals surface area contributed by atoms with Gasteiger partial charge in [-0.05, 0) is 64.7 Å². The van der Waals surface area contributed by atoms with Gasteiger partial charge in [-0.2, -0.15) is 0 Å². The first-order valence-corrected chi connectivity index (χ1v) is 7.90. The summed E-state index contributed by atoms with van der Waals surface area (Å²) < 4.78 is 0. The molecule has 2 aliphatic rings. The van der Waals surface area contributed by atoms with Crippen molar-refractivity contribution in [2.45, 2.75) is 38.6 Å². The minimum absolute atomic E-state index is 0.612. The zero-order chi connectivity index (χ0) is 13.5. The number of nitrogens with zero attached hydrogens (tertiary/aromatic N) is 2. The molecule has 108 valence electrons. The molecule has 0 amide bonds. The molecule has 0 aliphatic carbocycles. The second-order valence-electron chi connectivity index (χ2n) is 6.17. The summed E-state index contributed by atoms with van der Waals surface area (Å²) in [5.41, 5.74) is 0. The molecule has 2 rings (SSSR count). The molecule has 0 spiro atoms. The number of nitrogens with one attached hydrogen (secondary N) is 1. The summed E-state index contributed by atoms with van der Waals surface area (Å²) in [6.07, 6.45) is 10.8. The predicted octanol–water partition coefficient (Wildman–Crippen LogP) is 1.41. The third kappa shape index (κ3) is 4.80. The molecule has 0 saturated carbocycles. The van der Waals surface area contributed by atoms with Gasteiger partial charge in [0.1, 0.15) is 0 Å². The lowest BCUT2D eigenvalue weighted by Crippen LogP contribution is -2.46. The van der Waals surface area contributed by atoms with Gasteiger partial charge in [-0.3, -0.25) is 4.90 Å². The Hall–Kier alpha value is -0.560. The van der Waals surface area contributed by atoms with Crippen molar-refractivity contribution in [2.75, 3.05) is 45.8 Å². The maximum Gasteiger partial charge on any atom is 0.0574 e. The summed E-state index contributed by atoms with van der Waals surface area (Å²) >= 11 is 0. The van der Waals surface area contributed by atoms with E-state index in [-0.39, 0.29) is 0 Å². The van der Waals surface area contributed by atoms with Crippen LogP contribution in [0.5, 0.6) is 0 Å². The summed E-state index contributed by atoms with van der Waals surface area (Å²) in [4.78, 5) is 5.28. The van der Waals surface area contributed by atoms with E-state index in [1.165, 1.54) is 58.4 Å². The third-order valence-electron chi connectivity index (χ3n) is 4.65. The van der Waals surface area contributed by atoms with Crippen molar-refractivity contribution in [1.29, 1.82) is 0 Å². The zero-order valence-corrected chi connectivity index (χ0v) is 12.4. The third-order valence-corrected chi connectivity index (χ3v) is 4.65. The van der Waals surface area contributed by atoms with E-state index in [4.69, 9.17) is 6.42 Å². The standard InChI is InChI=1S/C16H29N3/c1-3-8-17-13-15(2)19-11-6-16(7-12-19)14-18-9-4-5-10-18/h1,15-17H,4-14H2,2H3. The van der Waals surface area contributed by atoms with E-state index in [0.29, 0.717) is 12.6 Å². The Kier molecular flexibility index (Phi) is 6.16. The monoisotopic (exact) mass is 263 g/mol. The molecule has 19 heavy (non-hydrogen) atoms. The van der Waals surface area contributed by atoms with Gasteiger partial charge in [0, 0.05) is 19.1 Å². The predicted molar refractivity (Wildman–Crippen MR) is 81.1 cm³/mol. The molecule has 0 radical (unpaired) electrons. The minimum Gasteiger partial charge on any atom is -0.305 e. The molecule has 0 aromatic rings. The molecule has 0 aromatic heterocycles. The van der Waals surface area contributed by atoms with E-state index in [0.717, 1.165) is 12.5 Å². The molecule has 3 heteroatoms. The number of rotatable bonds is 6. The molecule has 1 unspecified atom stereocenters. The molecular weight excluding hydrogens is 234 g/mol. The molecule has 0 bridgehead atoms. The quantitative estimate of drug-likeness (QED) is 0.577. The number of terminal acetylenes is 1. The van der Waals surface area contributed by atoms with Crippen LogP contribution in [-0.2, 0) is 0 Å². The van der Waals surface area contributed by atoms with Crippen LogP contribution in [0.2, 0.25) is 0 Å². The van der Waals surface area contributed by atoms with Crippen LogP contribution in [0.25, 0.3) is 0 Å². The summed E-state index contributed by atoms with van der Waals surface area (Å²) in [7, 11) is 0. The molecule has 1 N–H and O–H groups in total. The Morgan fingerprint density at radius 2 is 1.89 bits per heavy atom. The van der Waals surface area contributed by atoms with Gasteiger partial charge < -0.3 is 10.2 Å². The molecular formula is C16H29N3. The fraction of sp³-hybridized carbons (Fsp3) is 0.875. The van der Waals surface area contributed by atoms with Crippen molar-refractivity contribution in [3.63, 3.8) is 0 Å². The van der Waals surface area contributed by atoms with Gasteiger partial charge >= 0.3 is 0 Å². The fourth-order valence-corrected chi connectivity index (χ4v) is 3.39. The van der Waals surface area contributed by atoms with Gasteiger partial charge in [0.15, 0.2) is 0 Å². The van der Waals surface area contributed by atoms with Crippen molar-refractivity contribution < 1.29 is 0 Å². The lowest BCUT2D eigenvalue weighted by molar-refractivity contribution is 0.121. The van der Waals surface area contributed by atoms with Crippen molar-refractivity contribution in [3.8, 4) is 12.3 Å². The summed E-state index contributed by atoms with van der Waals surface area (Å²) in [6.45, 7) is 10.6. The Balaban J connectivity index is 1.62. The molecule has 2 saturated heterocycles. The second-order valence-corrected chi connectivity index (χ2v) is 6.17. The second kappa shape index (κ2) is 7.89. The number of hydrogen-bond acceptors (Lipinski definition) is 3. The SMILES string of the molecule is C#CCNCC(C)N1CCC(CN2CCCC2)CC1. The van der Waals surface area contributed by atoms with Crippen LogP contribution in [0.4, 0.5) is 0 Å². The van der Waals surface area contributed by atoms with Crippen LogP contribution in [0, 0.1) is 18.3 Å². The molecule has 3 nitrogen and oxygen atoms in total. The molecule has 2 aliphatic heterocycles. The molecule has 0 aromatic carbocycles. The number of likely N-dealkylation sites (tertiary alicyclic amines) is 2. The Bertz CT molecular complexity index is 283. The van der Waals surface area contributed by atoms with Gasteiger partial charge in [0.25, 0.3) is 0 Å². The first kappa shape index (κ1) is 14.8. The van der Waals surface area contributed by atoms with E-state index >= 15 is 0 Å². The maximum atomic E-state index is 5.26. The molecule has 2 fully saturated rings. The van der Waals surface area contributed by atoms with E-state index in [1.807, 2.05) is 0 Å². The lowest BCUT2D eigenvalue weighted by atomic mass is 9.95. The highest BCUT2D eigenvalue weighted by atomic mass is 15.2. The van der Waals surface area contributed by atoms with Gasteiger partial charge in [-0.25, -0.2) is 0 Å². The van der Waals surface area contributed by atoms with E-state index < -0.39 is 0 Å². The van der Waals surface area contributed by atoms with Gasteiger partial charge in [0.2, 0.25) is 0 Å². The van der Waals surface area contributed by atoms with Crippen molar-refractivity contribution >= 4 is 0 Å². The van der Waals surface area contributed by atoms with Crippen LogP contribution < -0.4 is 5.32 Å². The Morgan fingerprint density at radius 1 is 1.21 bits per heavy atom. The number of hydrogen-bond donors (Lipinski definition) is 1. The van der Waals surface area contributed by atoms with E-state index in [1.54, 1.807) is 0 Å². The minimum atomic E-state index is 0.612. The summed E-state index contributed by atoms with van der Waals surface area (Å²) in [6, 6.07) is 0.612. The smallest absolute Gasteiger partial charge is 0.0574 e. The Morgan fingerprint density at radius 3 is 2.53 bits per heavy atom. The number of piperidine rings is 1. The molecule has 1 atom stereocenters. The highest BCUT2D eigenvalue weighted by Gasteiger charge is 2.24. The van der Waals surface area contributed by atoms with E-state index in [9.17, 15) is 0 Å². The van der Waals surface area contributed by atoms with Crippen LogP contribution in [0.15, 0.2) is 0 Å². The van der Waals surface area contributed by atoms with Gasteiger partial charge in [-0.1, -0.05) is 5.92 Å². The van der Waals surface area contributed by atoms with Crippen molar-refractivity contribution in [1.82, 2.24) is 15.1 Å². The summed E-state index contributed by atoms with van der Waals surface area (Å²) in [5, 5.41) is 3.32. The average Bonchev–Trinajstić information content (AvgIpc) is 2.93. The maximum absolute atomic E-state index is 5.26. The fourth-order valence-electron chi connectivity index (χ4n) is 3.39. The van der Waals surface area contributed by atoms with Crippen LogP contribution in [0.3, 0.4) is 0 Å². The van der Waals surface area contributed by atoms with Crippen molar-refractivity contribution in [3.05, 3.63) is 0 Å². The average molecular weight is 263 g/mol. The largest absolute Gasteiger partial charge is 0.305 e. The van der Waals surface area contributed by atoms with E-state index in [2.05, 4.69) is 28.0 Å². The first-order valence-electron chi connectivity index (χ1n) is 7.90. The van der Waals surface area contributed by atoms with Crippen LogP contribution in [0.1, 0.15) is 32.6 Å². The zero-order valence-electron chi connectivity index (χ0n) is 12.4. The topological polar surface area (TPSA) is 18.5 Å². The van der Waals surface area contributed by atoms with Crippen LogP contribution in [-0.4, -0.2) is 61.7 Å². The highest BCUT2D eigenvalue weighted by Crippen LogP contribution is 2.21. The Labute approximate surface area is 118 Å².